The van der Waals surface area contributed by atoms with Gasteiger partial charge in [0.15, 0.2) is 0 Å². The highest BCUT2D eigenvalue weighted by atomic mass is 35.5. The number of alkyl halides is 6. The summed E-state index contributed by atoms with van der Waals surface area (Å²) in [7, 11) is 0. The van der Waals surface area contributed by atoms with E-state index in [4.69, 9.17) is 28.0 Å². The molecule has 14 heteroatoms. The summed E-state index contributed by atoms with van der Waals surface area (Å²) >= 11 is 12.3. The van der Waals surface area contributed by atoms with E-state index in [0.29, 0.717) is 11.8 Å². The van der Waals surface area contributed by atoms with Gasteiger partial charge in [0.1, 0.15) is 12.4 Å². The van der Waals surface area contributed by atoms with Gasteiger partial charge in [-0.2, -0.15) is 26.3 Å². The molecule has 1 aliphatic rings. The maximum Gasteiger partial charge on any atom is 0.435 e. The lowest BCUT2D eigenvalue weighted by atomic mass is 9.86. The topological polar surface area (TPSA) is 50.7 Å². The van der Waals surface area contributed by atoms with Gasteiger partial charge in [0.05, 0.1) is 11.5 Å². The summed E-state index contributed by atoms with van der Waals surface area (Å²) in [5.74, 6) is -2.36. The number of benzene rings is 2. The zero-order chi connectivity index (χ0) is 25.3. The van der Waals surface area contributed by atoms with Crippen LogP contribution in [0, 0.1) is 5.82 Å². The van der Waals surface area contributed by atoms with Crippen LogP contribution in [0.5, 0.6) is 0 Å². The Kier molecular flexibility index (Phi) is 7.63. The second-order valence-corrected chi connectivity index (χ2v) is 9.00. The largest absolute Gasteiger partial charge is 0.435 e. The van der Waals surface area contributed by atoms with Gasteiger partial charge in [0, 0.05) is 32.5 Å². The normalized spacial score (nSPS) is 18.4. The monoisotopic (exact) mass is 548 g/mol. The van der Waals surface area contributed by atoms with Crippen molar-refractivity contribution in [1.82, 2.24) is 5.32 Å². The minimum Gasteiger partial charge on any atom is -0.374 e. The zero-order valence-corrected chi connectivity index (χ0v) is 19.0. The summed E-state index contributed by atoms with van der Waals surface area (Å²) in [4.78, 5) is 16.2. The number of halogens is 9. The molecule has 34 heavy (non-hydrogen) atoms. The van der Waals surface area contributed by atoms with Gasteiger partial charge in [-0.1, -0.05) is 34.4 Å². The zero-order valence-electron chi connectivity index (χ0n) is 16.7. The molecule has 0 fully saturated rings. The second-order valence-electron chi connectivity index (χ2n) is 7.11. The number of nitrogens with zero attached hydrogens (tertiary/aromatic N) is 1. The fraction of sp³-hybridized carbons (Fsp3) is 0.300. The maximum atomic E-state index is 14.5. The van der Waals surface area contributed by atoms with Crippen molar-refractivity contribution in [3.8, 4) is 0 Å². The van der Waals surface area contributed by atoms with Crippen LogP contribution in [-0.4, -0.2) is 36.3 Å². The molecule has 0 saturated heterocycles. The van der Waals surface area contributed by atoms with E-state index in [1.165, 1.54) is 18.2 Å². The summed E-state index contributed by atoms with van der Waals surface area (Å²) in [6.45, 7) is -1.52. The summed E-state index contributed by atoms with van der Waals surface area (Å²) in [6.07, 6.45) is -10.3. The Morgan fingerprint density at radius 1 is 1.09 bits per heavy atom. The third-order valence-electron chi connectivity index (χ3n) is 4.62. The molecule has 3 rings (SSSR count). The van der Waals surface area contributed by atoms with E-state index in [0.717, 1.165) is 18.2 Å². The van der Waals surface area contributed by atoms with E-state index in [2.05, 4.69) is 5.16 Å². The molecular formula is C20H13Cl2F7N2O2S. The van der Waals surface area contributed by atoms with Crippen molar-refractivity contribution in [2.24, 2.45) is 5.16 Å². The number of thioether (sulfide) groups is 1. The number of carbonyl (C=O) groups is 1. The molecule has 1 amide bonds. The van der Waals surface area contributed by atoms with Crippen LogP contribution < -0.4 is 5.32 Å². The predicted octanol–water partition coefficient (Wildman–Crippen LogP) is 6.49. The highest BCUT2D eigenvalue weighted by Crippen LogP contribution is 2.49. The Hall–Kier alpha value is -2.18. The van der Waals surface area contributed by atoms with E-state index in [-0.39, 0.29) is 31.8 Å². The first-order valence-electron chi connectivity index (χ1n) is 9.25. The summed E-state index contributed by atoms with van der Waals surface area (Å²) in [5.41, 5.74) is -3.49. The standard InChI is InChI=1S/C20H13Cl2F7N2O2S/c21-12-4-11(5-13(22)6-12)18(20(27,28)29)7-15(31-33-18)10-1-2-16(14(23)3-10)34-8-17(32)30-9-19(24,25)26/h1-6H,7-9H2,(H,30,32). The van der Waals surface area contributed by atoms with Crippen LogP contribution in [0.25, 0.3) is 0 Å². The fourth-order valence-electron chi connectivity index (χ4n) is 3.04. The van der Waals surface area contributed by atoms with Gasteiger partial charge in [-0.25, -0.2) is 4.39 Å². The molecule has 0 aromatic heterocycles. The minimum atomic E-state index is -4.93. The summed E-state index contributed by atoms with van der Waals surface area (Å²) in [5, 5.41) is 5.07. The first-order chi connectivity index (χ1) is 15.7. The van der Waals surface area contributed by atoms with Gasteiger partial charge in [-0.15, -0.1) is 11.8 Å². The molecule has 0 bridgehead atoms. The van der Waals surface area contributed by atoms with Gasteiger partial charge in [-0.3, -0.25) is 4.79 Å². The van der Waals surface area contributed by atoms with Crippen molar-refractivity contribution in [2.45, 2.75) is 29.3 Å². The molecule has 2 aromatic carbocycles. The van der Waals surface area contributed by atoms with E-state index in [1.807, 2.05) is 0 Å². The van der Waals surface area contributed by atoms with E-state index < -0.39 is 48.4 Å². The third-order valence-corrected chi connectivity index (χ3v) is 6.11. The lowest BCUT2D eigenvalue weighted by Gasteiger charge is -2.29. The van der Waals surface area contributed by atoms with Crippen molar-refractivity contribution in [3.63, 3.8) is 0 Å². The number of oxime groups is 1. The smallest absolute Gasteiger partial charge is 0.374 e. The van der Waals surface area contributed by atoms with Crippen molar-refractivity contribution in [3.05, 3.63) is 63.4 Å². The van der Waals surface area contributed by atoms with E-state index in [1.54, 1.807) is 5.32 Å². The van der Waals surface area contributed by atoms with Gasteiger partial charge in [-0.05, 0) is 30.3 Å². The highest BCUT2D eigenvalue weighted by molar-refractivity contribution is 8.00. The number of hydrogen-bond acceptors (Lipinski definition) is 4. The third kappa shape index (κ3) is 6.08. The molecule has 0 aliphatic carbocycles. The van der Waals surface area contributed by atoms with Crippen LogP contribution >= 0.6 is 35.0 Å². The van der Waals surface area contributed by atoms with Gasteiger partial charge < -0.3 is 10.2 Å². The molecule has 4 nitrogen and oxygen atoms in total. The van der Waals surface area contributed by atoms with Crippen molar-refractivity contribution >= 4 is 46.6 Å². The van der Waals surface area contributed by atoms with Gasteiger partial charge in [0.25, 0.3) is 5.60 Å². The van der Waals surface area contributed by atoms with E-state index >= 15 is 0 Å². The summed E-state index contributed by atoms with van der Waals surface area (Å²) in [6, 6.07) is 6.68. The first-order valence-corrected chi connectivity index (χ1v) is 11.0. The van der Waals surface area contributed by atoms with Crippen LogP contribution in [0.15, 0.2) is 46.4 Å². The molecular weight excluding hydrogens is 536 g/mol. The van der Waals surface area contributed by atoms with Crippen LogP contribution in [0.1, 0.15) is 17.5 Å². The fourth-order valence-corrected chi connectivity index (χ4v) is 4.31. The van der Waals surface area contributed by atoms with Crippen LogP contribution in [0.3, 0.4) is 0 Å². The highest BCUT2D eigenvalue weighted by Gasteiger charge is 2.62. The Morgan fingerprint density at radius 2 is 1.74 bits per heavy atom. The Labute approximate surface area is 202 Å². The molecule has 184 valence electrons. The lowest BCUT2D eigenvalue weighted by Crippen LogP contribution is -2.42. The van der Waals surface area contributed by atoms with Crippen molar-refractivity contribution in [1.29, 1.82) is 0 Å². The molecule has 0 spiro atoms. The maximum absolute atomic E-state index is 14.5. The van der Waals surface area contributed by atoms with Crippen LogP contribution in [0.2, 0.25) is 10.0 Å². The number of hydrogen-bond donors (Lipinski definition) is 1. The second kappa shape index (κ2) is 9.82. The first kappa shape index (κ1) is 26.4. The van der Waals surface area contributed by atoms with E-state index in [9.17, 15) is 35.5 Å². The van der Waals surface area contributed by atoms with Crippen LogP contribution in [0.4, 0.5) is 30.7 Å². The molecule has 1 unspecified atom stereocenters. The Bertz CT molecular complexity index is 1100. The Morgan fingerprint density at radius 3 is 2.29 bits per heavy atom. The molecule has 0 saturated carbocycles. The number of nitrogens with one attached hydrogen (secondary N) is 1. The lowest BCUT2D eigenvalue weighted by molar-refractivity contribution is -0.275. The van der Waals surface area contributed by atoms with Crippen molar-refractivity contribution in [2.75, 3.05) is 12.3 Å². The average molecular weight is 549 g/mol. The molecule has 1 N–H and O–H groups in total. The molecule has 1 aliphatic heterocycles. The van der Waals surface area contributed by atoms with Crippen LogP contribution in [-0.2, 0) is 15.2 Å². The predicted molar refractivity (Wildman–Crippen MR) is 113 cm³/mol. The minimum absolute atomic E-state index is 0.0115. The quantitative estimate of drug-likeness (QED) is 0.332. The molecule has 0 radical (unpaired) electrons. The number of amides is 1. The number of rotatable bonds is 6. The summed E-state index contributed by atoms with van der Waals surface area (Å²) < 4.78 is 93.0. The SMILES string of the molecule is O=C(CSc1ccc(C2=NOC(c3cc(Cl)cc(Cl)c3)(C(F)(F)F)C2)cc1F)NCC(F)(F)F. The van der Waals surface area contributed by atoms with Crippen molar-refractivity contribution < 1.29 is 40.4 Å². The van der Waals surface area contributed by atoms with Gasteiger partial charge >= 0.3 is 12.4 Å². The Balaban J connectivity index is 1.76. The average Bonchev–Trinajstić information content (AvgIpc) is 3.17. The molecule has 1 heterocycles. The number of carbonyl (C=O) groups excluding carboxylic acids is 1. The van der Waals surface area contributed by atoms with Gasteiger partial charge in [0.2, 0.25) is 5.91 Å². The molecule has 2 aromatic rings. The molecule has 1 atom stereocenters.